The molecule has 1 aromatic rings. The first-order chi connectivity index (χ1) is 10.6. The number of amides is 1. The van der Waals surface area contributed by atoms with Gasteiger partial charge in [0.1, 0.15) is 18.0 Å². The monoisotopic (exact) mass is 323 g/mol. The number of ether oxygens (including phenoxy) is 1. The zero-order valence-electron chi connectivity index (χ0n) is 13.3. The van der Waals surface area contributed by atoms with Crippen molar-refractivity contribution < 1.29 is 14.6 Å². The fourth-order valence-electron chi connectivity index (χ4n) is 2.64. The topological polar surface area (TPSA) is 49.8 Å². The predicted octanol–water partition coefficient (Wildman–Crippen LogP) is 2.48. The summed E-state index contributed by atoms with van der Waals surface area (Å²) in [5, 5.41) is 9.90. The number of hydrogen-bond acceptors (Lipinski definition) is 4. The fourth-order valence-corrected chi connectivity index (χ4v) is 3.10. The molecule has 0 unspecified atom stereocenters. The van der Waals surface area contributed by atoms with Gasteiger partial charge in [0.05, 0.1) is 0 Å². The second-order valence-corrected chi connectivity index (χ2v) is 6.74. The van der Waals surface area contributed by atoms with Crippen molar-refractivity contribution >= 4 is 17.7 Å². The molecule has 1 fully saturated rings. The zero-order valence-corrected chi connectivity index (χ0v) is 14.1. The van der Waals surface area contributed by atoms with E-state index < -0.39 is 6.10 Å². The van der Waals surface area contributed by atoms with E-state index in [2.05, 4.69) is 0 Å². The molecule has 5 heteroatoms. The van der Waals surface area contributed by atoms with Crippen molar-refractivity contribution in [3.63, 3.8) is 0 Å². The summed E-state index contributed by atoms with van der Waals surface area (Å²) in [4.78, 5) is 13.9. The van der Waals surface area contributed by atoms with Crippen LogP contribution < -0.4 is 4.74 Å². The summed E-state index contributed by atoms with van der Waals surface area (Å²) < 4.78 is 5.99. The van der Waals surface area contributed by atoms with Crippen LogP contribution in [-0.4, -0.2) is 53.2 Å². The van der Waals surface area contributed by atoms with Gasteiger partial charge in [-0.15, -0.1) is 0 Å². The summed E-state index contributed by atoms with van der Waals surface area (Å²) in [5.74, 6) is 1.56. The van der Waals surface area contributed by atoms with E-state index >= 15 is 0 Å². The summed E-state index contributed by atoms with van der Waals surface area (Å²) in [7, 11) is 0. The Balaban J connectivity index is 1.79. The lowest BCUT2D eigenvalue weighted by molar-refractivity contribution is -0.142. The standard InChI is InChI=1S/C17H25NO3S/c1-13-4-3-5-15(12-13)21-14-6-9-18(10-7-14)17(20)16(19)8-11-22-2/h3-5,12,14,16,19H,6-11H2,1-2H3/t16-/m0/s1. The van der Waals surface area contributed by atoms with E-state index in [1.54, 1.807) is 16.7 Å². The molecule has 1 aromatic carbocycles. The highest BCUT2D eigenvalue weighted by molar-refractivity contribution is 7.98. The molecule has 0 spiro atoms. The summed E-state index contributed by atoms with van der Waals surface area (Å²) in [5.41, 5.74) is 1.18. The van der Waals surface area contributed by atoms with Crippen molar-refractivity contribution in [2.45, 2.75) is 38.4 Å². The number of carbonyl (C=O) groups excluding carboxylic acids is 1. The summed E-state index contributed by atoms with van der Waals surface area (Å²) >= 11 is 1.65. The molecule has 22 heavy (non-hydrogen) atoms. The van der Waals surface area contributed by atoms with E-state index in [4.69, 9.17) is 4.74 Å². The number of thioether (sulfide) groups is 1. The quantitative estimate of drug-likeness (QED) is 0.874. The summed E-state index contributed by atoms with van der Waals surface area (Å²) in [6, 6.07) is 8.04. The number of aliphatic hydroxyl groups excluding tert-OH is 1. The van der Waals surface area contributed by atoms with Gasteiger partial charge < -0.3 is 14.7 Å². The molecule has 1 saturated heterocycles. The number of rotatable bonds is 6. The van der Waals surface area contributed by atoms with E-state index in [9.17, 15) is 9.90 Å². The number of aliphatic hydroxyl groups is 1. The first-order valence-corrected chi connectivity index (χ1v) is 9.18. The third-order valence-electron chi connectivity index (χ3n) is 3.93. The molecular weight excluding hydrogens is 298 g/mol. The molecule has 122 valence electrons. The molecule has 0 bridgehead atoms. The van der Waals surface area contributed by atoms with E-state index in [0.717, 1.165) is 24.3 Å². The number of benzene rings is 1. The minimum absolute atomic E-state index is 0.136. The third-order valence-corrected chi connectivity index (χ3v) is 4.57. The molecule has 1 heterocycles. The van der Waals surface area contributed by atoms with E-state index in [1.807, 2.05) is 37.4 Å². The summed E-state index contributed by atoms with van der Waals surface area (Å²) in [6.07, 6.45) is 3.42. The van der Waals surface area contributed by atoms with Crippen LogP contribution in [0.5, 0.6) is 5.75 Å². The zero-order chi connectivity index (χ0) is 15.9. The van der Waals surface area contributed by atoms with Crippen LogP contribution in [0.25, 0.3) is 0 Å². The molecule has 1 aliphatic rings. The van der Waals surface area contributed by atoms with Crippen LogP contribution in [0.2, 0.25) is 0 Å². The van der Waals surface area contributed by atoms with Crippen molar-refractivity contribution in [3.8, 4) is 5.75 Å². The Bertz CT molecular complexity index is 487. The average molecular weight is 323 g/mol. The van der Waals surface area contributed by atoms with Crippen LogP contribution >= 0.6 is 11.8 Å². The Labute approximate surface area is 136 Å². The Morgan fingerprint density at radius 1 is 1.45 bits per heavy atom. The molecule has 2 rings (SSSR count). The van der Waals surface area contributed by atoms with Crippen LogP contribution in [0.1, 0.15) is 24.8 Å². The lowest BCUT2D eigenvalue weighted by atomic mass is 10.1. The smallest absolute Gasteiger partial charge is 0.251 e. The molecule has 1 N–H and O–H groups in total. The van der Waals surface area contributed by atoms with Gasteiger partial charge in [0.2, 0.25) is 0 Å². The number of piperidine rings is 1. The normalized spacial score (nSPS) is 17.3. The van der Waals surface area contributed by atoms with Gasteiger partial charge in [-0.25, -0.2) is 0 Å². The SMILES string of the molecule is CSCC[C@H](O)C(=O)N1CCC(Oc2cccc(C)c2)CC1. The Kier molecular flexibility index (Phi) is 6.58. The molecule has 0 aromatic heterocycles. The van der Waals surface area contributed by atoms with Gasteiger partial charge >= 0.3 is 0 Å². The number of hydrogen-bond donors (Lipinski definition) is 1. The van der Waals surface area contributed by atoms with Gasteiger partial charge in [0.15, 0.2) is 0 Å². The minimum Gasteiger partial charge on any atom is -0.490 e. The molecule has 0 aliphatic carbocycles. The minimum atomic E-state index is -0.860. The molecule has 0 saturated carbocycles. The maximum absolute atomic E-state index is 12.1. The first-order valence-electron chi connectivity index (χ1n) is 7.79. The van der Waals surface area contributed by atoms with Crippen molar-refractivity contribution in [1.82, 2.24) is 4.90 Å². The number of nitrogens with zero attached hydrogens (tertiary/aromatic N) is 1. The highest BCUT2D eigenvalue weighted by atomic mass is 32.2. The van der Waals surface area contributed by atoms with Crippen LogP contribution in [0.3, 0.4) is 0 Å². The van der Waals surface area contributed by atoms with Crippen LogP contribution in [0, 0.1) is 6.92 Å². The highest BCUT2D eigenvalue weighted by Crippen LogP contribution is 2.20. The average Bonchev–Trinajstić information content (AvgIpc) is 2.52. The van der Waals surface area contributed by atoms with Crippen molar-refractivity contribution in [2.24, 2.45) is 0 Å². The highest BCUT2D eigenvalue weighted by Gasteiger charge is 2.27. The molecule has 1 aliphatic heterocycles. The Morgan fingerprint density at radius 2 is 2.18 bits per heavy atom. The summed E-state index contributed by atoms with van der Waals surface area (Å²) in [6.45, 7) is 3.36. The predicted molar refractivity (Wildman–Crippen MR) is 90.4 cm³/mol. The van der Waals surface area contributed by atoms with Crippen molar-refractivity contribution in [1.29, 1.82) is 0 Å². The molecular formula is C17H25NO3S. The second kappa shape index (κ2) is 8.44. The van der Waals surface area contributed by atoms with E-state index in [1.165, 1.54) is 5.56 Å². The van der Waals surface area contributed by atoms with Gasteiger partial charge in [0.25, 0.3) is 5.91 Å². The van der Waals surface area contributed by atoms with Gasteiger partial charge in [0, 0.05) is 25.9 Å². The maximum atomic E-state index is 12.1. The largest absolute Gasteiger partial charge is 0.490 e. The second-order valence-electron chi connectivity index (χ2n) is 5.76. The molecule has 0 radical (unpaired) electrons. The van der Waals surface area contributed by atoms with Crippen LogP contribution in [0.4, 0.5) is 0 Å². The lowest BCUT2D eigenvalue weighted by Crippen LogP contribution is -2.46. The number of carbonyl (C=O) groups is 1. The van der Waals surface area contributed by atoms with E-state index in [-0.39, 0.29) is 12.0 Å². The Morgan fingerprint density at radius 3 is 2.82 bits per heavy atom. The fraction of sp³-hybridized carbons (Fsp3) is 0.588. The van der Waals surface area contributed by atoms with Gasteiger partial charge in [-0.1, -0.05) is 12.1 Å². The van der Waals surface area contributed by atoms with E-state index in [0.29, 0.717) is 19.5 Å². The van der Waals surface area contributed by atoms with Gasteiger partial charge in [-0.05, 0) is 43.0 Å². The van der Waals surface area contributed by atoms with Crippen molar-refractivity contribution in [3.05, 3.63) is 29.8 Å². The third kappa shape index (κ3) is 4.92. The molecule has 4 nitrogen and oxygen atoms in total. The first kappa shape index (κ1) is 17.2. The van der Waals surface area contributed by atoms with Crippen molar-refractivity contribution in [2.75, 3.05) is 25.1 Å². The molecule has 1 amide bonds. The number of aryl methyl sites for hydroxylation is 1. The van der Waals surface area contributed by atoms with Crippen LogP contribution in [-0.2, 0) is 4.79 Å². The number of likely N-dealkylation sites (tertiary alicyclic amines) is 1. The Hall–Kier alpha value is -1.20. The maximum Gasteiger partial charge on any atom is 0.251 e. The molecule has 1 atom stereocenters. The lowest BCUT2D eigenvalue weighted by Gasteiger charge is -2.33. The van der Waals surface area contributed by atoms with Gasteiger partial charge in [-0.2, -0.15) is 11.8 Å². The van der Waals surface area contributed by atoms with Gasteiger partial charge in [-0.3, -0.25) is 4.79 Å². The van der Waals surface area contributed by atoms with Crippen LogP contribution in [0.15, 0.2) is 24.3 Å².